The van der Waals surface area contributed by atoms with Crippen molar-refractivity contribution in [1.29, 1.82) is 0 Å². The summed E-state index contributed by atoms with van der Waals surface area (Å²) in [6, 6.07) is 31.1. The summed E-state index contributed by atoms with van der Waals surface area (Å²) in [5.41, 5.74) is 5.96. The van der Waals surface area contributed by atoms with Crippen LogP contribution in [0.15, 0.2) is 95.1 Å². The zero-order valence-corrected chi connectivity index (χ0v) is 29.0. The summed E-state index contributed by atoms with van der Waals surface area (Å²) in [6.45, 7) is 8.07. The van der Waals surface area contributed by atoms with E-state index in [-0.39, 0.29) is 43.5 Å². The molecule has 46 heavy (non-hydrogen) atoms. The van der Waals surface area contributed by atoms with Crippen LogP contribution in [0, 0.1) is 17.9 Å². The van der Waals surface area contributed by atoms with Gasteiger partial charge in [0.25, 0.3) is 0 Å². The summed E-state index contributed by atoms with van der Waals surface area (Å²) >= 11 is 0. The summed E-state index contributed by atoms with van der Waals surface area (Å²) in [7, 11) is 0. The maximum Gasteiger partial charge on any atom is 0.162 e. The third-order valence-corrected chi connectivity index (χ3v) is 9.46. The Balaban J connectivity index is 0.000000201. The molecule has 3 heterocycles. The number of hydrogen-bond donors (Lipinski definition) is 1. The largest absolute Gasteiger partial charge is 0.512 e. The van der Waals surface area contributed by atoms with Crippen LogP contribution in [-0.2, 0) is 24.9 Å². The number of ketones is 1. The second-order valence-corrected chi connectivity index (χ2v) is 11.9. The monoisotopic (exact) mass is 786 g/mol. The molecule has 5 aromatic carbocycles. The minimum atomic E-state index is 0. The summed E-state index contributed by atoms with van der Waals surface area (Å²) in [5, 5.41) is 17.6. The number of furan rings is 1. The van der Waals surface area contributed by atoms with E-state index >= 15 is 0 Å². The fourth-order valence-corrected chi connectivity index (χ4v) is 6.94. The predicted octanol–water partition coefficient (Wildman–Crippen LogP) is 11.0. The van der Waals surface area contributed by atoms with E-state index < -0.39 is 0 Å². The number of aliphatic hydroxyl groups excluding tert-OH is 1. The molecule has 1 N–H and O–H groups in total. The molecule has 8 rings (SSSR count). The Morgan fingerprint density at radius 2 is 1.52 bits per heavy atom. The average molecular weight is 786 g/mol. The van der Waals surface area contributed by atoms with Gasteiger partial charge in [0.1, 0.15) is 5.58 Å². The van der Waals surface area contributed by atoms with Crippen molar-refractivity contribution in [1.82, 2.24) is 9.38 Å². The third kappa shape index (κ3) is 5.05. The Kier molecular flexibility index (Phi) is 8.87. The molecular weight excluding hydrogens is 749 g/mol. The topological polar surface area (TPSA) is 67.7 Å². The van der Waals surface area contributed by atoms with Crippen LogP contribution in [0.5, 0.6) is 0 Å². The first-order chi connectivity index (χ1) is 22.0. The number of para-hydroxylation sites is 2. The van der Waals surface area contributed by atoms with Gasteiger partial charge in [-0.05, 0) is 66.1 Å². The number of benzene rings is 5. The predicted molar refractivity (Wildman–Crippen MR) is 186 cm³/mol. The number of carbonyl (C=O) groups is 1. The standard InChI is InChI=1S/C27H13N2O.C13H24O2.Ir/c1-2-8-17-16(6-1)14-18-24-25-22(30-26(17)24)13-12-15-7-5-11-21(23(15)25)29-20-10-4-3-9-19(20)28-27(18)29;1-5-10(6-2)12(14)9-13(15)11(7-3)8-4;/h1-13H;9-11,14H,5-8H2,1-4H3;/q-1;;/b;12-9-;. The normalized spacial score (nSPS) is 12.3. The van der Waals surface area contributed by atoms with Crippen LogP contribution >= 0.6 is 0 Å². The fraction of sp³-hybridized carbons (Fsp3) is 0.250. The molecule has 0 aliphatic carbocycles. The fourth-order valence-electron chi connectivity index (χ4n) is 6.94. The molecule has 0 saturated carbocycles. The van der Waals surface area contributed by atoms with Crippen LogP contribution in [0.4, 0.5) is 0 Å². The van der Waals surface area contributed by atoms with Crippen LogP contribution in [-0.4, -0.2) is 20.3 Å². The van der Waals surface area contributed by atoms with Crippen molar-refractivity contribution in [2.45, 2.75) is 53.4 Å². The van der Waals surface area contributed by atoms with Gasteiger partial charge in [-0.2, -0.15) is 0 Å². The van der Waals surface area contributed by atoms with E-state index in [1.165, 1.54) is 16.8 Å². The van der Waals surface area contributed by atoms with Crippen LogP contribution in [0.3, 0.4) is 0 Å². The quantitative estimate of drug-likeness (QED) is 0.0993. The molecule has 3 aromatic heterocycles. The van der Waals surface area contributed by atoms with Gasteiger partial charge < -0.3 is 13.9 Å². The van der Waals surface area contributed by atoms with E-state index in [0.29, 0.717) is 0 Å². The number of nitrogens with zero attached hydrogens (tertiary/aromatic N) is 2. The summed E-state index contributed by atoms with van der Waals surface area (Å²) in [4.78, 5) is 16.8. The molecular formula is C40H37IrN2O3-. The minimum absolute atomic E-state index is 0. The van der Waals surface area contributed by atoms with Gasteiger partial charge in [0, 0.05) is 54.3 Å². The van der Waals surface area contributed by atoms with Crippen molar-refractivity contribution < 1.29 is 34.4 Å². The number of aromatic nitrogens is 2. The number of carbonyl (C=O) groups excluding carboxylic acids is 1. The van der Waals surface area contributed by atoms with Gasteiger partial charge in [-0.3, -0.25) is 9.78 Å². The molecule has 0 fully saturated rings. The van der Waals surface area contributed by atoms with E-state index in [4.69, 9.17) is 9.40 Å². The number of imidazole rings is 1. The second-order valence-electron chi connectivity index (χ2n) is 11.9. The molecule has 5 nitrogen and oxygen atoms in total. The number of rotatable bonds is 7. The zero-order valence-electron chi connectivity index (χ0n) is 26.6. The summed E-state index contributed by atoms with van der Waals surface area (Å²) < 4.78 is 8.76. The molecule has 6 heteroatoms. The Morgan fingerprint density at radius 1 is 0.826 bits per heavy atom. The van der Waals surface area contributed by atoms with Gasteiger partial charge in [-0.1, -0.05) is 81.6 Å². The van der Waals surface area contributed by atoms with E-state index in [9.17, 15) is 9.90 Å². The number of hydrogen-bond acceptors (Lipinski definition) is 4. The van der Waals surface area contributed by atoms with Crippen molar-refractivity contribution in [3.63, 3.8) is 0 Å². The van der Waals surface area contributed by atoms with Gasteiger partial charge >= 0.3 is 0 Å². The zero-order chi connectivity index (χ0) is 31.2. The molecule has 235 valence electrons. The first-order valence-electron chi connectivity index (χ1n) is 16.1. The smallest absolute Gasteiger partial charge is 0.162 e. The summed E-state index contributed by atoms with van der Waals surface area (Å²) in [6.07, 6.45) is 4.91. The Morgan fingerprint density at radius 3 is 2.28 bits per heavy atom. The third-order valence-electron chi connectivity index (χ3n) is 9.46. The van der Waals surface area contributed by atoms with E-state index in [1.807, 2.05) is 39.8 Å². The summed E-state index contributed by atoms with van der Waals surface area (Å²) in [5.74, 6) is 0.547. The molecule has 0 unspecified atom stereocenters. The maximum atomic E-state index is 11.7. The van der Waals surface area contributed by atoms with Crippen molar-refractivity contribution in [3.05, 3.63) is 96.8 Å². The molecule has 0 aliphatic rings. The number of allylic oxidation sites excluding steroid dienone is 2. The first kappa shape index (κ1) is 31.7. The molecule has 0 saturated heterocycles. The molecule has 0 atom stereocenters. The van der Waals surface area contributed by atoms with Gasteiger partial charge in [0.2, 0.25) is 0 Å². The SMILES string of the molecule is CCC(CC)C(=O)/C=C(\O)C(CC)CC.[Ir].[c-]1c2ccccc2c2oc3ccc4cccc5c4c3c2c1c1nc2ccccc2n51. The van der Waals surface area contributed by atoms with Gasteiger partial charge in [-0.25, -0.2) is 0 Å². The first-order valence-corrected chi connectivity index (χ1v) is 16.1. The van der Waals surface area contributed by atoms with E-state index in [2.05, 4.69) is 77.2 Å². The average Bonchev–Trinajstić information content (AvgIpc) is 3.62. The van der Waals surface area contributed by atoms with Gasteiger partial charge in [-0.15, -0.1) is 17.5 Å². The number of fused-ring (bicyclic) bond motifs is 7. The van der Waals surface area contributed by atoms with Crippen molar-refractivity contribution in [2.75, 3.05) is 0 Å². The van der Waals surface area contributed by atoms with Crippen LogP contribution < -0.4 is 0 Å². The van der Waals surface area contributed by atoms with Gasteiger partial charge in [0.05, 0.1) is 28.0 Å². The maximum absolute atomic E-state index is 11.7. The molecule has 8 aromatic rings. The van der Waals surface area contributed by atoms with Gasteiger partial charge in [0.15, 0.2) is 5.78 Å². The second kappa shape index (κ2) is 12.9. The van der Waals surface area contributed by atoms with Crippen molar-refractivity contribution >= 4 is 76.9 Å². The molecule has 1 radical (unpaired) electrons. The van der Waals surface area contributed by atoms with Crippen molar-refractivity contribution in [3.8, 4) is 0 Å². The van der Waals surface area contributed by atoms with Crippen molar-refractivity contribution in [2.24, 2.45) is 11.8 Å². The number of aliphatic hydroxyl groups is 1. The van der Waals surface area contributed by atoms with E-state index in [1.54, 1.807) is 0 Å². The minimum Gasteiger partial charge on any atom is -0.512 e. The van der Waals surface area contributed by atoms with Crippen LogP contribution in [0.1, 0.15) is 53.4 Å². The Hall–Kier alpha value is -4.25. The van der Waals surface area contributed by atoms with Crippen LogP contribution in [0.25, 0.3) is 71.1 Å². The van der Waals surface area contributed by atoms with E-state index in [0.717, 1.165) is 86.0 Å². The Bertz CT molecular complexity index is 2370. The molecule has 0 spiro atoms. The Labute approximate surface area is 281 Å². The molecule has 0 aliphatic heterocycles. The van der Waals surface area contributed by atoms with Crippen LogP contribution in [0.2, 0.25) is 0 Å². The molecule has 0 bridgehead atoms. The molecule has 0 amide bonds.